The van der Waals surface area contributed by atoms with E-state index < -0.39 is 40.0 Å². The molecule has 0 saturated carbocycles. The van der Waals surface area contributed by atoms with Crippen LogP contribution < -0.4 is 0 Å². The van der Waals surface area contributed by atoms with Gasteiger partial charge < -0.3 is 9.84 Å². The lowest BCUT2D eigenvalue weighted by Gasteiger charge is -2.43. The van der Waals surface area contributed by atoms with Crippen LogP contribution in [0.3, 0.4) is 0 Å². The number of benzene rings is 3. The summed E-state index contributed by atoms with van der Waals surface area (Å²) in [4.78, 5) is 13.8. The molecule has 0 spiro atoms. The molecule has 1 N–H and O–H groups in total. The molecular formula is C25H19F6O3S+. The van der Waals surface area contributed by atoms with E-state index in [1.807, 2.05) is 48.5 Å². The summed E-state index contributed by atoms with van der Waals surface area (Å²) in [6, 6.07) is 21.3. The van der Waals surface area contributed by atoms with Crippen molar-refractivity contribution in [2.24, 2.45) is 0 Å². The van der Waals surface area contributed by atoms with Crippen molar-refractivity contribution in [3.8, 4) is 4.90 Å². The Balaban J connectivity index is 1.80. The number of rotatable bonds is 4. The highest BCUT2D eigenvalue weighted by Crippen LogP contribution is 2.51. The lowest BCUT2D eigenvalue weighted by molar-refractivity contribution is -0.406. The molecule has 1 aromatic heterocycles. The summed E-state index contributed by atoms with van der Waals surface area (Å²) in [5.41, 5.74) is -8.88. The highest BCUT2D eigenvalue weighted by atomic mass is 32.2. The molecule has 184 valence electrons. The Kier molecular flexibility index (Phi) is 5.88. The molecule has 0 aliphatic rings. The molecule has 0 saturated heterocycles. The Morgan fingerprint density at radius 2 is 1.31 bits per heavy atom. The minimum absolute atomic E-state index is 0.239. The van der Waals surface area contributed by atoms with Crippen LogP contribution in [0.15, 0.2) is 72.8 Å². The first kappa shape index (κ1) is 25.0. The molecule has 3 aromatic carbocycles. The van der Waals surface area contributed by atoms with E-state index in [1.165, 1.54) is 12.1 Å². The molecular weight excluding hydrogens is 494 g/mol. The van der Waals surface area contributed by atoms with Gasteiger partial charge in [-0.05, 0) is 56.3 Å². The van der Waals surface area contributed by atoms with Crippen LogP contribution in [0.4, 0.5) is 26.3 Å². The third-order valence-electron chi connectivity index (χ3n) is 5.85. The van der Waals surface area contributed by atoms with Crippen molar-refractivity contribution in [3.05, 3.63) is 78.4 Å². The average Bonchev–Trinajstić information content (AvgIpc) is 3.11. The van der Waals surface area contributed by atoms with Gasteiger partial charge in [0, 0.05) is 21.2 Å². The normalized spacial score (nSPS) is 13.9. The molecule has 0 aliphatic heterocycles. The van der Waals surface area contributed by atoms with Gasteiger partial charge in [0.1, 0.15) is 0 Å². The maximum atomic E-state index is 13.3. The van der Waals surface area contributed by atoms with Crippen molar-refractivity contribution in [1.82, 2.24) is 0 Å². The number of halogens is 6. The van der Waals surface area contributed by atoms with Gasteiger partial charge in [-0.25, -0.2) is 4.79 Å². The number of hydrogen-bond acceptors (Lipinski definition) is 3. The molecule has 4 aromatic rings. The van der Waals surface area contributed by atoms with Crippen molar-refractivity contribution in [1.29, 1.82) is 0 Å². The second-order valence-corrected chi connectivity index (χ2v) is 10.4. The zero-order valence-electron chi connectivity index (χ0n) is 18.4. The molecule has 4 rings (SSSR count). The van der Waals surface area contributed by atoms with E-state index in [1.54, 1.807) is 12.1 Å². The minimum Gasteiger partial charge on any atom is -0.452 e. The van der Waals surface area contributed by atoms with Crippen molar-refractivity contribution in [2.45, 2.75) is 37.4 Å². The van der Waals surface area contributed by atoms with Crippen LogP contribution in [0.1, 0.15) is 24.2 Å². The minimum atomic E-state index is -6.14. The third-order valence-corrected chi connectivity index (χ3v) is 8.19. The van der Waals surface area contributed by atoms with Crippen LogP contribution in [0.2, 0.25) is 0 Å². The summed E-state index contributed by atoms with van der Waals surface area (Å²) in [6.07, 6.45) is -12.3. The Bertz CT molecular complexity index is 1390. The second-order valence-electron chi connectivity index (χ2n) is 8.43. The molecule has 0 fully saturated rings. The van der Waals surface area contributed by atoms with Crippen molar-refractivity contribution in [2.75, 3.05) is 0 Å². The first-order chi connectivity index (χ1) is 16.2. The van der Waals surface area contributed by atoms with Gasteiger partial charge in [-0.3, -0.25) is 0 Å². The Hall–Kier alpha value is -3.11. The Labute approximate surface area is 198 Å². The lowest BCUT2D eigenvalue weighted by atomic mass is 9.84. The molecule has 0 aliphatic carbocycles. The maximum Gasteiger partial charge on any atom is 0.430 e. The zero-order valence-corrected chi connectivity index (χ0v) is 19.2. The summed E-state index contributed by atoms with van der Waals surface area (Å²) in [5.74, 6) is -1.42. The number of esters is 1. The fraction of sp³-hybridized carbons (Fsp3) is 0.240. The smallest absolute Gasteiger partial charge is 0.430 e. The van der Waals surface area contributed by atoms with Crippen LogP contribution in [0.5, 0.6) is 0 Å². The van der Waals surface area contributed by atoms with Gasteiger partial charge in [-0.15, -0.1) is 0 Å². The summed E-state index contributed by atoms with van der Waals surface area (Å²) in [7, 11) is -0.508. The lowest BCUT2D eigenvalue weighted by Crippen LogP contribution is -2.69. The Morgan fingerprint density at radius 1 is 0.771 bits per heavy atom. The van der Waals surface area contributed by atoms with Crippen LogP contribution in [-0.4, -0.2) is 34.6 Å². The van der Waals surface area contributed by atoms with Gasteiger partial charge in [-0.1, -0.05) is 30.3 Å². The van der Waals surface area contributed by atoms with E-state index in [9.17, 15) is 36.2 Å². The van der Waals surface area contributed by atoms with Gasteiger partial charge in [0.2, 0.25) is 0 Å². The van der Waals surface area contributed by atoms with Gasteiger partial charge in [0.05, 0.1) is 5.56 Å². The standard InChI is InChI=1S/C25H19F6O3S/c1-22(2,23(33,24(26,27)28)25(29,30)31)34-21(32)15-12-13-20-18(14-15)17-10-6-7-11-19(17)35(20)16-8-4-3-5-9-16/h3-14,33H,1-2H3/q+1. The van der Waals surface area contributed by atoms with Crippen molar-refractivity contribution in [3.63, 3.8) is 0 Å². The molecule has 1 unspecified atom stereocenters. The van der Waals surface area contributed by atoms with Crippen LogP contribution in [-0.2, 0) is 4.74 Å². The highest BCUT2D eigenvalue weighted by Gasteiger charge is 2.78. The van der Waals surface area contributed by atoms with E-state index in [2.05, 4.69) is 4.74 Å². The molecule has 0 bridgehead atoms. The van der Waals surface area contributed by atoms with E-state index in [4.69, 9.17) is 0 Å². The second kappa shape index (κ2) is 8.23. The van der Waals surface area contributed by atoms with Crippen LogP contribution >= 0.6 is 10.5 Å². The fourth-order valence-electron chi connectivity index (χ4n) is 4.05. The largest absolute Gasteiger partial charge is 0.452 e. The van der Waals surface area contributed by atoms with Crippen molar-refractivity contribution >= 4 is 36.6 Å². The van der Waals surface area contributed by atoms with Crippen LogP contribution in [0, 0.1) is 0 Å². The number of hydrogen-bond donors (Lipinski definition) is 1. The van der Waals surface area contributed by atoms with Crippen molar-refractivity contribution < 1.29 is 41.0 Å². The molecule has 0 radical (unpaired) electrons. The van der Waals surface area contributed by atoms with Gasteiger partial charge >= 0.3 is 18.3 Å². The third kappa shape index (κ3) is 3.94. The predicted octanol–water partition coefficient (Wildman–Crippen LogP) is 7.52. The van der Waals surface area contributed by atoms with Gasteiger partial charge in [-0.2, -0.15) is 26.3 Å². The van der Waals surface area contributed by atoms with E-state index in [0.717, 1.165) is 19.7 Å². The number of carbonyl (C=O) groups is 1. The monoisotopic (exact) mass is 513 g/mol. The average molecular weight is 513 g/mol. The molecule has 3 nitrogen and oxygen atoms in total. The first-order valence-corrected chi connectivity index (χ1v) is 11.5. The number of ether oxygens (including phenoxy) is 1. The molecule has 1 heterocycles. The van der Waals surface area contributed by atoms with Gasteiger partial charge in [0.25, 0.3) is 5.60 Å². The molecule has 1 atom stereocenters. The first-order valence-electron chi connectivity index (χ1n) is 10.3. The number of aliphatic hydroxyl groups is 1. The summed E-state index contributed by atoms with van der Waals surface area (Å²) in [5, 5.41) is 11.2. The maximum absolute atomic E-state index is 13.3. The van der Waals surface area contributed by atoms with E-state index in [-0.39, 0.29) is 5.56 Å². The number of thiophene rings is 1. The predicted molar refractivity (Wildman–Crippen MR) is 122 cm³/mol. The van der Waals surface area contributed by atoms with Crippen LogP contribution in [0.25, 0.3) is 25.1 Å². The quantitative estimate of drug-likeness (QED) is 0.174. The summed E-state index contributed by atoms with van der Waals surface area (Å²) in [6.45, 7) is 0.753. The number of carbonyl (C=O) groups excluding carboxylic acids is 1. The molecule has 35 heavy (non-hydrogen) atoms. The summed E-state index contributed by atoms with van der Waals surface area (Å²) >= 11 is 0. The number of fused-ring (bicyclic) bond motifs is 3. The zero-order chi connectivity index (χ0) is 25.8. The fourth-order valence-corrected chi connectivity index (χ4v) is 6.43. The highest BCUT2D eigenvalue weighted by molar-refractivity contribution is 7.50. The number of alkyl halides is 6. The van der Waals surface area contributed by atoms with E-state index >= 15 is 0 Å². The van der Waals surface area contributed by atoms with Gasteiger partial charge in [0.15, 0.2) is 19.9 Å². The topological polar surface area (TPSA) is 46.5 Å². The molecule has 0 amide bonds. The SMILES string of the molecule is CC(C)(OC(=O)c1ccc2c(c1)c1ccccc1[s+]2-c1ccccc1)C(O)(C(F)(F)F)C(F)(F)F. The van der Waals surface area contributed by atoms with E-state index in [0.29, 0.717) is 19.2 Å². The molecule has 10 heteroatoms. The summed E-state index contributed by atoms with van der Waals surface area (Å²) < 4.78 is 86.5. The Morgan fingerprint density at radius 3 is 1.91 bits per heavy atom.